The number of nitrogens with zero attached hydrogens (tertiary/aromatic N) is 1. The van der Waals surface area contributed by atoms with Crippen molar-refractivity contribution >= 4 is 15.7 Å². The Morgan fingerprint density at radius 2 is 2.10 bits per heavy atom. The Bertz CT molecular complexity index is 601. The van der Waals surface area contributed by atoms with Crippen LogP contribution in [0.25, 0.3) is 0 Å². The highest BCUT2D eigenvalue weighted by molar-refractivity contribution is 7.89. The minimum absolute atomic E-state index is 0.0457. The van der Waals surface area contributed by atoms with Gasteiger partial charge < -0.3 is 5.73 Å². The minimum atomic E-state index is -3.81. The van der Waals surface area contributed by atoms with E-state index >= 15 is 0 Å². The van der Waals surface area contributed by atoms with E-state index in [9.17, 15) is 12.8 Å². The number of hydrogen-bond donors (Lipinski definition) is 1. The normalized spacial score (nSPS) is 21.1. The summed E-state index contributed by atoms with van der Waals surface area (Å²) in [6.45, 7) is 4.07. The van der Waals surface area contributed by atoms with Crippen LogP contribution in [0.2, 0.25) is 0 Å². The van der Waals surface area contributed by atoms with Gasteiger partial charge >= 0.3 is 0 Å². The van der Waals surface area contributed by atoms with Crippen molar-refractivity contribution in [1.82, 2.24) is 4.31 Å². The Hall–Kier alpha value is -1.14. The molecule has 0 aliphatic carbocycles. The fourth-order valence-electron chi connectivity index (χ4n) is 2.69. The van der Waals surface area contributed by atoms with Crippen molar-refractivity contribution in [2.24, 2.45) is 0 Å². The second-order valence-electron chi connectivity index (χ2n) is 5.31. The first kappa shape index (κ1) is 15.3. The first-order valence-corrected chi connectivity index (χ1v) is 8.39. The Labute approximate surface area is 119 Å². The lowest BCUT2D eigenvalue weighted by molar-refractivity contribution is 0.246. The average molecular weight is 300 g/mol. The molecule has 1 atom stereocenters. The van der Waals surface area contributed by atoms with E-state index in [4.69, 9.17) is 5.73 Å². The summed E-state index contributed by atoms with van der Waals surface area (Å²) >= 11 is 0. The van der Waals surface area contributed by atoms with Crippen LogP contribution < -0.4 is 5.73 Å². The van der Waals surface area contributed by atoms with Gasteiger partial charge in [-0.3, -0.25) is 0 Å². The molecule has 20 heavy (non-hydrogen) atoms. The molecule has 6 heteroatoms. The largest absolute Gasteiger partial charge is 0.398 e. The molecule has 1 aromatic rings. The third-order valence-corrected chi connectivity index (χ3v) is 5.92. The number of anilines is 1. The zero-order chi connectivity index (χ0) is 14.9. The molecule has 0 saturated carbocycles. The smallest absolute Gasteiger partial charge is 0.246 e. The van der Waals surface area contributed by atoms with Crippen LogP contribution in [-0.4, -0.2) is 25.3 Å². The standard InChI is InChI=1S/C14H21FN2O2S/c1-3-11-6-4-5-7-17(11)20(18,19)14-9-13(16)10(2)8-12(14)15/h8-9,11H,3-7,16H2,1-2H3. The lowest BCUT2D eigenvalue weighted by Gasteiger charge is -2.34. The summed E-state index contributed by atoms with van der Waals surface area (Å²) in [6.07, 6.45) is 3.41. The summed E-state index contributed by atoms with van der Waals surface area (Å²) in [7, 11) is -3.81. The zero-order valence-corrected chi connectivity index (χ0v) is 12.7. The Morgan fingerprint density at radius 1 is 1.40 bits per heavy atom. The predicted molar refractivity (Wildman–Crippen MR) is 77.4 cm³/mol. The summed E-state index contributed by atoms with van der Waals surface area (Å²) in [4.78, 5) is -0.305. The molecule has 1 unspecified atom stereocenters. The molecular formula is C14H21FN2O2S. The Morgan fingerprint density at radius 3 is 2.75 bits per heavy atom. The molecule has 1 fully saturated rings. The molecule has 2 rings (SSSR count). The highest BCUT2D eigenvalue weighted by Crippen LogP contribution is 2.30. The third kappa shape index (κ3) is 2.67. The van der Waals surface area contributed by atoms with Crippen LogP contribution >= 0.6 is 0 Å². The monoisotopic (exact) mass is 300 g/mol. The molecule has 0 aromatic heterocycles. The van der Waals surface area contributed by atoms with E-state index in [1.165, 1.54) is 16.4 Å². The van der Waals surface area contributed by atoms with E-state index < -0.39 is 15.8 Å². The van der Waals surface area contributed by atoms with Crippen molar-refractivity contribution in [3.8, 4) is 0 Å². The van der Waals surface area contributed by atoms with Crippen LogP contribution in [0.5, 0.6) is 0 Å². The summed E-state index contributed by atoms with van der Waals surface area (Å²) in [5, 5.41) is 0. The van der Waals surface area contributed by atoms with Crippen molar-refractivity contribution < 1.29 is 12.8 Å². The van der Waals surface area contributed by atoms with Gasteiger partial charge in [-0.15, -0.1) is 0 Å². The Kier molecular flexibility index (Phi) is 4.34. The van der Waals surface area contributed by atoms with Crippen LogP contribution in [0.3, 0.4) is 0 Å². The van der Waals surface area contributed by atoms with Gasteiger partial charge in [-0.2, -0.15) is 4.31 Å². The highest BCUT2D eigenvalue weighted by Gasteiger charge is 2.34. The maximum atomic E-state index is 14.1. The first-order valence-electron chi connectivity index (χ1n) is 6.95. The van der Waals surface area contributed by atoms with Crippen molar-refractivity contribution in [2.75, 3.05) is 12.3 Å². The van der Waals surface area contributed by atoms with E-state index in [-0.39, 0.29) is 10.9 Å². The summed E-state index contributed by atoms with van der Waals surface area (Å²) in [6, 6.07) is 2.38. The average Bonchev–Trinajstić information content (AvgIpc) is 2.42. The number of benzene rings is 1. The number of aryl methyl sites for hydroxylation is 1. The SMILES string of the molecule is CCC1CCCCN1S(=O)(=O)c1cc(N)c(C)cc1F. The van der Waals surface area contributed by atoms with Gasteiger partial charge in [-0.1, -0.05) is 13.3 Å². The third-order valence-electron chi connectivity index (χ3n) is 3.95. The lowest BCUT2D eigenvalue weighted by atomic mass is 10.0. The van der Waals surface area contributed by atoms with Crippen molar-refractivity contribution in [1.29, 1.82) is 0 Å². The molecule has 2 N–H and O–H groups in total. The van der Waals surface area contributed by atoms with E-state index in [1.54, 1.807) is 6.92 Å². The van der Waals surface area contributed by atoms with Crippen molar-refractivity contribution in [3.63, 3.8) is 0 Å². The summed E-state index contributed by atoms with van der Waals surface area (Å²) < 4.78 is 40.8. The second-order valence-corrected chi connectivity index (χ2v) is 7.17. The van der Waals surface area contributed by atoms with Gasteiger partial charge in [0.25, 0.3) is 0 Å². The molecule has 4 nitrogen and oxygen atoms in total. The van der Waals surface area contributed by atoms with Gasteiger partial charge in [-0.25, -0.2) is 12.8 Å². The second kappa shape index (κ2) is 5.69. The minimum Gasteiger partial charge on any atom is -0.398 e. The zero-order valence-electron chi connectivity index (χ0n) is 11.9. The van der Waals surface area contributed by atoms with Gasteiger partial charge in [-0.05, 0) is 43.9 Å². The van der Waals surface area contributed by atoms with Crippen molar-refractivity contribution in [3.05, 3.63) is 23.5 Å². The first-order chi connectivity index (χ1) is 9.37. The van der Waals surface area contributed by atoms with Crippen LogP contribution in [0.1, 0.15) is 38.2 Å². The molecule has 0 amide bonds. The van der Waals surface area contributed by atoms with Gasteiger partial charge in [0.2, 0.25) is 10.0 Å². The van der Waals surface area contributed by atoms with Crippen LogP contribution in [-0.2, 0) is 10.0 Å². The van der Waals surface area contributed by atoms with Crippen LogP contribution in [0.15, 0.2) is 17.0 Å². The molecule has 1 aliphatic heterocycles. The molecule has 0 bridgehead atoms. The molecule has 1 aliphatic rings. The maximum Gasteiger partial charge on any atom is 0.246 e. The van der Waals surface area contributed by atoms with E-state index in [2.05, 4.69) is 0 Å². The van der Waals surface area contributed by atoms with Crippen molar-refractivity contribution in [2.45, 2.75) is 50.5 Å². The fourth-order valence-corrected chi connectivity index (χ4v) is 4.54. The predicted octanol–water partition coefficient (Wildman–Crippen LogP) is 2.67. The molecule has 1 aromatic carbocycles. The number of sulfonamides is 1. The van der Waals surface area contributed by atoms with Gasteiger partial charge in [0.05, 0.1) is 0 Å². The maximum absolute atomic E-state index is 14.1. The highest BCUT2D eigenvalue weighted by atomic mass is 32.2. The summed E-state index contributed by atoms with van der Waals surface area (Å²) in [5.41, 5.74) is 6.58. The topological polar surface area (TPSA) is 63.4 Å². The number of nitrogens with two attached hydrogens (primary N) is 1. The number of halogens is 1. The number of nitrogen functional groups attached to an aromatic ring is 1. The van der Waals surface area contributed by atoms with E-state index in [0.29, 0.717) is 17.8 Å². The van der Waals surface area contributed by atoms with Crippen LogP contribution in [0.4, 0.5) is 10.1 Å². The van der Waals surface area contributed by atoms with Gasteiger partial charge in [0, 0.05) is 18.3 Å². The number of piperidine rings is 1. The molecule has 112 valence electrons. The molecule has 1 heterocycles. The van der Waals surface area contributed by atoms with Gasteiger partial charge in [0.15, 0.2) is 0 Å². The Balaban J connectivity index is 2.46. The molecule has 0 radical (unpaired) electrons. The number of hydrogen-bond acceptors (Lipinski definition) is 3. The van der Waals surface area contributed by atoms with Gasteiger partial charge in [0.1, 0.15) is 10.7 Å². The fraction of sp³-hybridized carbons (Fsp3) is 0.571. The summed E-state index contributed by atoms with van der Waals surface area (Å²) in [5.74, 6) is -0.725. The van der Waals surface area contributed by atoms with E-state index in [1.807, 2.05) is 6.92 Å². The lowest BCUT2D eigenvalue weighted by Crippen LogP contribution is -2.43. The molecule has 0 spiro atoms. The van der Waals surface area contributed by atoms with E-state index in [0.717, 1.165) is 25.7 Å². The quantitative estimate of drug-likeness (QED) is 0.873. The number of rotatable bonds is 3. The van der Waals surface area contributed by atoms with Crippen LogP contribution in [0, 0.1) is 12.7 Å². The molecular weight excluding hydrogens is 279 g/mol. The molecule has 1 saturated heterocycles.